The van der Waals surface area contributed by atoms with Gasteiger partial charge in [0.1, 0.15) is 11.7 Å². The maximum Gasteiger partial charge on any atom is 0.303 e. The zero-order valence-electron chi connectivity index (χ0n) is 17.3. The van der Waals surface area contributed by atoms with E-state index in [0.29, 0.717) is 19.3 Å². The molecule has 2 saturated carbocycles. The van der Waals surface area contributed by atoms with E-state index in [1.165, 1.54) is 6.92 Å². The number of ether oxygens (including phenoxy) is 2. The summed E-state index contributed by atoms with van der Waals surface area (Å²) in [6.45, 7) is 13.2. The van der Waals surface area contributed by atoms with Gasteiger partial charge >= 0.3 is 5.97 Å². The second-order valence-corrected chi connectivity index (χ2v) is 9.80. The summed E-state index contributed by atoms with van der Waals surface area (Å²) in [5.74, 6) is 0.270. The largest absolute Gasteiger partial charge is 0.458 e. The van der Waals surface area contributed by atoms with E-state index in [1.54, 1.807) is 0 Å². The number of rotatable bonds is 6. The number of Topliss-reactive ketones (excluding diaryl/α,β-unsaturated/α-hetero) is 1. The first kappa shape index (κ1) is 20.5. The molecule has 0 radical (unpaired) electrons. The van der Waals surface area contributed by atoms with Gasteiger partial charge in [0.25, 0.3) is 0 Å². The van der Waals surface area contributed by atoms with Crippen LogP contribution in [-0.2, 0) is 19.1 Å². The van der Waals surface area contributed by atoms with Crippen LogP contribution in [0.5, 0.6) is 0 Å². The van der Waals surface area contributed by atoms with E-state index in [1.807, 2.05) is 20.8 Å². The average Bonchev–Trinajstić information content (AvgIpc) is 3.10. The van der Waals surface area contributed by atoms with Gasteiger partial charge < -0.3 is 14.6 Å². The Kier molecular flexibility index (Phi) is 5.09. The minimum Gasteiger partial charge on any atom is -0.458 e. The molecule has 152 valence electrons. The Morgan fingerprint density at radius 3 is 2.70 bits per heavy atom. The predicted octanol–water partition coefficient (Wildman–Crippen LogP) is 3.58. The Bertz CT molecular complexity index is 653. The smallest absolute Gasteiger partial charge is 0.303 e. The number of carbonyl (C=O) groups is 2. The van der Waals surface area contributed by atoms with Crippen LogP contribution >= 0.6 is 0 Å². The van der Waals surface area contributed by atoms with Crippen molar-refractivity contribution in [2.45, 2.75) is 96.6 Å². The first-order valence-corrected chi connectivity index (χ1v) is 10.2. The van der Waals surface area contributed by atoms with Gasteiger partial charge in [-0.3, -0.25) is 9.59 Å². The van der Waals surface area contributed by atoms with Crippen molar-refractivity contribution >= 4 is 11.8 Å². The first-order chi connectivity index (χ1) is 12.4. The van der Waals surface area contributed by atoms with Crippen molar-refractivity contribution in [1.29, 1.82) is 0 Å². The Morgan fingerprint density at radius 2 is 2.11 bits per heavy atom. The molecule has 5 nitrogen and oxygen atoms in total. The summed E-state index contributed by atoms with van der Waals surface area (Å²) in [7, 11) is 0. The number of ketones is 1. The molecule has 3 fully saturated rings. The van der Waals surface area contributed by atoms with E-state index < -0.39 is 11.2 Å². The molecule has 1 heterocycles. The molecule has 0 amide bonds. The van der Waals surface area contributed by atoms with Crippen LogP contribution in [0.1, 0.15) is 73.1 Å². The predicted molar refractivity (Wildman–Crippen MR) is 102 cm³/mol. The van der Waals surface area contributed by atoms with Gasteiger partial charge in [0, 0.05) is 13.3 Å². The van der Waals surface area contributed by atoms with E-state index in [4.69, 9.17) is 9.47 Å². The summed E-state index contributed by atoms with van der Waals surface area (Å²) in [5.41, 5.74) is -0.742. The molecule has 1 aliphatic heterocycles. The van der Waals surface area contributed by atoms with Gasteiger partial charge in [0.15, 0.2) is 5.78 Å². The number of hydrogen-bond acceptors (Lipinski definition) is 5. The maximum absolute atomic E-state index is 12.6. The van der Waals surface area contributed by atoms with Crippen molar-refractivity contribution in [1.82, 2.24) is 0 Å². The molecule has 3 rings (SSSR count). The molecule has 0 aromatic rings. The van der Waals surface area contributed by atoms with Crippen LogP contribution in [-0.4, -0.2) is 40.3 Å². The minimum absolute atomic E-state index is 0.00237. The highest BCUT2D eigenvalue weighted by Gasteiger charge is 2.65. The summed E-state index contributed by atoms with van der Waals surface area (Å²) in [4.78, 5) is 24.0. The van der Waals surface area contributed by atoms with Crippen molar-refractivity contribution in [3.8, 4) is 0 Å². The third-order valence-electron chi connectivity index (χ3n) is 7.51. The van der Waals surface area contributed by atoms with Crippen molar-refractivity contribution < 1.29 is 24.2 Å². The monoisotopic (exact) mass is 378 g/mol. The molecule has 1 N–H and O–H groups in total. The van der Waals surface area contributed by atoms with Crippen LogP contribution in [0.4, 0.5) is 0 Å². The zero-order chi connectivity index (χ0) is 20.2. The van der Waals surface area contributed by atoms with E-state index >= 15 is 0 Å². The number of epoxide rings is 1. The van der Waals surface area contributed by atoms with Crippen LogP contribution in [0.3, 0.4) is 0 Å². The van der Waals surface area contributed by atoms with E-state index in [-0.39, 0.29) is 41.2 Å². The average molecular weight is 379 g/mol. The lowest BCUT2D eigenvalue weighted by molar-refractivity contribution is -0.145. The highest BCUT2D eigenvalue weighted by atomic mass is 16.6. The van der Waals surface area contributed by atoms with Gasteiger partial charge in [-0.2, -0.15) is 0 Å². The highest BCUT2D eigenvalue weighted by Crippen LogP contribution is 2.61. The second kappa shape index (κ2) is 6.70. The van der Waals surface area contributed by atoms with Crippen LogP contribution < -0.4 is 0 Å². The lowest BCUT2D eigenvalue weighted by atomic mass is 9.68. The van der Waals surface area contributed by atoms with Crippen LogP contribution in [0, 0.1) is 17.3 Å². The fraction of sp³-hybridized carbons (Fsp3) is 0.818. The van der Waals surface area contributed by atoms with Gasteiger partial charge in [0.2, 0.25) is 0 Å². The van der Waals surface area contributed by atoms with Gasteiger partial charge in [0.05, 0.1) is 11.7 Å². The topological polar surface area (TPSA) is 76.1 Å². The quantitative estimate of drug-likeness (QED) is 0.434. The van der Waals surface area contributed by atoms with Crippen LogP contribution in [0.25, 0.3) is 0 Å². The molecule has 3 aliphatic rings. The lowest BCUT2D eigenvalue weighted by Gasteiger charge is -2.39. The number of esters is 1. The van der Waals surface area contributed by atoms with E-state index in [0.717, 1.165) is 24.8 Å². The van der Waals surface area contributed by atoms with Gasteiger partial charge in [-0.25, -0.2) is 0 Å². The van der Waals surface area contributed by atoms with Gasteiger partial charge in [-0.15, -0.1) is 0 Å². The van der Waals surface area contributed by atoms with E-state index in [9.17, 15) is 14.7 Å². The number of fused-ring (bicyclic) bond motifs is 2. The molecule has 5 heteroatoms. The fourth-order valence-electron chi connectivity index (χ4n) is 5.54. The standard InChI is InChI=1S/C22H34O5/c1-13(2)17(26-14(3)23)8-10-21(5,25)15-7-9-20(4)12-18(24)22(6)19(27-22)11-16(15)20/h15-17,19,25H,1,7-12H2,2-6H3/t15-,16-,17?,19-,20+,21-,22+/m0/s1. The zero-order valence-corrected chi connectivity index (χ0v) is 17.3. The Hall–Kier alpha value is -1.20. The van der Waals surface area contributed by atoms with Crippen molar-refractivity contribution in [2.24, 2.45) is 17.3 Å². The molecule has 2 aliphatic carbocycles. The SMILES string of the molecule is C=C(C)C(CC[C@](C)(O)[C@H]1CC[C@]2(C)CC(=O)[C@@]3(C)O[C@H]3C[C@@H]12)OC(C)=O. The molecular weight excluding hydrogens is 344 g/mol. The van der Waals surface area contributed by atoms with Crippen LogP contribution in [0.15, 0.2) is 12.2 Å². The highest BCUT2D eigenvalue weighted by molar-refractivity contribution is 5.91. The fourth-order valence-corrected chi connectivity index (χ4v) is 5.54. The summed E-state index contributed by atoms with van der Waals surface area (Å²) in [6.07, 6.45) is 3.97. The third-order valence-corrected chi connectivity index (χ3v) is 7.51. The van der Waals surface area contributed by atoms with Gasteiger partial charge in [-0.1, -0.05) is 13.5 Å². The number of carbonyl (C=O) groups excluding carboxylic acids is 2. The molecular formula is C22H34O5. The summed E-state index contributed by atoms with van der Waals surface area (Å²) >= 11 is 0. The number of hydrogen-bond donors (Lipinski definition) is 1. The summed E-state index contributed by atoms with van der Waals surface area (Å²) in [6, 6.07) is 0. The molecule has 0 spiro atoms. The molecule has 27 heavy (non-hydrogen) atoms. The summed E-state index contributed by atoms with van der Waals surface area (Å²) < 4.78 is 11.1. The number of aliphatic hydroxyl groups is 1. The Balaban J connectivity index is 1.72. The van der Waals surface area contributed by atoms with Gasteiger partial charge in [-0.05, 0) is 75.7 Å². The molecule has 0 aromatic carbocycles. The molecule has 7 atom stereocenters. The molecule has 0 bridgehead atoms. The second-order valence-electron chi connectivity index (χ2n) is 9.80. The van der Waals surface area contributed by atoms with Crippen LogP contribution in [0.2, 0.25) is 0 Å². The molecule has 1 unspecified atom stereocenters. The van der Waals surface area contributed by atoms with Crippen molar-refractivity contribution in [3.63, 3.8) is 0 Å². The Morgan fingerprint density at radius 1 is 1.44 bits per heavy atom. The summed E-state index contributed by atoms with van der Waals surface area (Å²) in [5, 5.41) is 11.4. The third kappa shape index (κ3) is 3.73. The molecule has 1 saturated heterocycles. The normalized spacial score (nSPS) is 41.0. The van der Waals surface area contributed by atoms with Crippen molar-refractivity contribution in [3.05, 3.63) is 12.2 Å². The minimum atomic E-state index is -0.880. The first-order valence-electron chi connectivity index (χ1n) is 10.2. The van der Waals surface area contributed by atoms with Crippen molar-refractivity contribution in [2.75, 3.05) is 0 Å². The Labute approximate surface area is 162 Å². The van der Waals surface area contributed by atoms with E-state index in [2.05, 4.69) is 13.5 Å². The lowest BCUT2D eigenvalue weighted by Crippen LogP contribution is -2.41. The maximum atomic E-state index is 12.6. The molecule has 0 aromatic heterocycles.